The summed E-state index contributed by atoms with van der Waals surface area (Å²) >= 11 is 0. The van der Waals surface area contributed by atoms with Gasteiger partial charge in [0.05, 0.1) is 12.1 Å². The predicted molar refractivity (Wildman–Crippen MR) is 74.4 cm³/mol. The molecule has 0 bridgehead atoms. The number of carbonyl (C=O) groups excluding carboxylic acids is 1. The Labute approximate surface area is 114 Å². The number of nitrogens with zero attached hydrogens (tertiary/aromatic N) is 1. The third kappa shape index (κ3) is 3.33. The zero-order valence-electron chi connectivity index (χ0n) is 11.3. The highest BCUT2D eigenvalue weighted by Gasteiger charge is 2.31. The third-order valence-electron chi connectivity index (χ3n) is 3.73. The first kappa shape index (κ1) is 14.0. The molecule has 1 fully saturated rings. The first-order valence-electron chi connectivity index (χ1n) is 6.88. The summed E-state index contributed by atoms with van der Waals surface area (Å²) in [6.07, 6.45) is 2.00. The van der Waals surface area contributed by atoms with Gasteiger partial charge >= 0.3 is 0 Å². The quantitative estimate of drug-likeness (QED) is 0.863. The van der Waals surface area contributed by atoms with Gasteiger partial charge in [0.15, 0.2) is 0 Å². The van der Waals surface area contributed by atoms with Gasteiger partial charge in [-0.25, -0.2) is 0 Å². The molecule has 0 saturated carbocycles. The van der Waals surface area contributed by atoms with Crippen molar-refractivity contribution in [2.24, 2.45) is 5.73 Å². The molecule has 0 spiro atoms. The molecule has 0 radical (unpaired) electrons. The number of nitrogens with two attached hydrogens (primary N) is 1. The number of aliphatic hydroxyl groups is 1. The van der Waals surface area contributed by atoms with E-state index >= 15 is 0 Å². The molecule has 1 aromatic carbocycles. The van der Waals surface area contributed by atoms with E-state index in [4.69, 9.17) is 5.73 Å². The number of hydrogen-bond acceptors (Lipinski definition) is 3. The summed E-state index contributed by atoms with van der Waals surface area (Å²) in [6, 6.07) is 9.23. The average Bonchev–Trinajstić information content (AvgIpc) is 2.86. The van der Waals surface area contributed by atoms with Crippen LogP contribution in [0.25, 0.3) is 0 Å². The molecule has 0 aliphatic carbocycles. The Bertz CT molecular complexity index is 419. The Morgan fingerprint density at radius 1 is 1.47 bits per heavy atom. The molecule has 104 valence electrons. The second-order valence-electron chi connectivity index (χ2n) is 5.28. The van der Waals surface area contributed by atoms with Crippen LogP contribution < -0.4 is 5.73 Å². The molecule has 4 nitrogen and oxygen atoms in total. The van der Waals surface area contributed by atoms with Crippen LogP contribution in [0.15, 0.2) is 30.3 Å². The van der Waals surface area contributed by atoms with Crippen LogP contribution in [-0.2, 0) is 4.79 Å². The van der Waals surface area contributed by atoms with E-state index in [0.717, 1.165) is 24.9 Å². The number of amides is 1. The van der Waals surface area contributed by atoms with E-state index in [1.807, 2.05) is 35.2 Å². The molecule has 2 unspecified atom stereocenters. The Morgan fingerprint density at radius 2 is 2.16 bits per heavy atom. The topological polar surface area (TPSA) is 66.6 Å². The molecule has 2 rings (SSSR count). The Hall–Kier alpha value is -1.39. The first-order valence-corrected chi connectivity index (χ1v) is 6.88. The molecule has 0 aromatic heterocycles. The van der Waals surface area contributed by atoms with Crippen molar-refractivity contribution >= 4 is 5.91 Å². The minimum Gasteiger partial charge on any atom is -0.388 e. The zero-order chi connectivity index (χ0) is 13.8. The molecule has 19 heavy (non-hydrogen) atoms. The molecule has 1 aliphatic heterocycles. The fourth-order valence-corrected chi connectivity index (χ4v) is 2.70. The van der Waals surface area contributed by atoms with E-state index in [9.17, 15) is 9.90 Å². The maximum absolute atomic E-state index is 12.0. The highest BCUT2D eigenvalue weighted by molar-refractivity contribution is 5.81. The van der Waals surface area contributed by atoms with Crippen molar-refractivity contribution in [2.75, 3.05) is 6.54 Å². The lowest BCUT2D eigenvalue weighted by atomic mass is 10.0. The zero-order valence-corrected chi connectivity index (χ0v) is 11.3. The normalized spacial score (nSPS) is 22.3. The van der Waals surface area contributed by atoms with Crippen LogP contribution >= 0.6 is 0 Å². The van der Waals surface area contributed by atoms with Crippen LogP contribution in [0.1, 0.15) is 37.9 Å². The third-order valence-corrected chi connectivity index (χ3v) is 3.73. The number of benzene rings is 1. The Morgan fingerprint density at radius 3 is 2.79 bits per heavy atom. The van der Waals surface area contributed by atoms with E-state index < -0.39 is 12.1 Å². The lowest BCUT2D eigenvalue weighted by Crippen LogP contribution is -2.44. The second kappa shape index (κ2) is 6.17. The molecule has 3 N–H and O–H groups in total. The average molecular weight is 262 g/mol. The highest BCUT2D eigenvalue weighted by Crippen LogP contribution is 2.27. The van der Waals surface area contributed by atoms with Crippen molar-refractivity contribution in [3.63, 3.8) is 0 Å². The van der Waals surface area contributed by atoms with Gasteiger partial charge in [-0.05, 0) is 31.7 Å². The van der Waals surface area contributed by atoms with Crippen molar-refractivity contribution in [2.45, 2.75) is 44.4 Å². The number of likely N-dealkylation sites (tertiary alicyclic amines) is 1. The number of aliphatic hydroxyl groups excluding tert-OH is 1. The molecule has 4 heteroatoms. The van der Waals surface area contributed by atoms with Gasteiger partial charge in [0, 0.05) is 12.6 Å². The van der Waals surface area contributed by atoms with Gasteiger partial charge in [-0.3, -0.25) is 4.79 Å². The maximum atomic E-state index is 12.0. The molecular weight excluding hydrogens is 240 g/mol. The molecule has 3 atom stereocenters. The van der Waals surface area contributed by atoms with Crippen molar-refractivity contribution in [1.29, 1.82) is 0 Å². The number of hydrogen-bond donors (Lipinski definition) is 2. The maximum Gasteiger partial charge on any atom is 0.239 e. The molecule has 1 amide bonds. The standard InChI is InChI=1S/C15H22N2O2/c1-11(16)15(19)17-9-5-8-13(17)10-14(18)12-6-3-2-4-7-12/h2-4,6-7,11,13-14,18H,5,8-10,16H2,1H3/t11-,13?,14?/m1/s1. The van der Waals surface area contributed by atoms with Crippen LogP contribution in [0, 0.1) is 0 Å². The minimum absolute atomic E-state index is 0.0113. The Balaban J connectivity index is 2.00. The predicted octanol–water partition coefficient (Wildman–Crippen LogP) is 1.45. The minimum atomic E-state index is -0.521. The molecule has 1 saturated heterocycles. The van der Waals surface area contributed by atoms with Crippen molar-refractivity contribution < 1.29 is 9.90 Å². The van der Waals surface area contributed by atoms with E-state index in [1.165, 1.54) is 0 Å². The largest absolute Gasteiger partial charge is 0.388 e. The summed E-state index contributed by atoms with van der Waals surface area (Å²) in [4.78, 5) is 13.8. The fourth-order valence-electron chi connectivity index (χ4n) is 2.70. The van der Waals surface area contributed by atoms with E-state index in [0.29, 0.717) is 6.42 Å². The SMILES string of the molecule is C[C@@H](N)C(=O)N1CCCC1CC(O)c1ccccc1. The van der Waals surface area contributed by atoms with Gasteiger partial charge in [-0.2, -0.15) is 0 Å². The van der Waals surface area contributed by atoms with Crippen LogP contribution in [0.5, 0.6) is 0 Å². The molecule has 1 aliphatic rings. The van der Waals surface area contributed by atoms with Gasteiger partial charge in [0.2, 0.25) is 5.91 Å². The van der Waals surface area contributed by atoms with Crippen LogP contribution in [-0.4, -0.2) is 34.5 Å². The molecule has 1 aromatic rings. The van der Waals surface area contributed by atoms with Crippen molar-refractivity contribution in [3.8, 4) is 0 Å². The van der Waals surface area contributed by atoms with Crippen molar-refractivity contribution in [3.05, 3.63) is 35.9 Å². The summed E-state index contributed by atoms with van der Waals surface area (Å²) in [5.74, 6) is -0.0113. The van der Waals surface area contributed by atoms with E-state index in [2.05, 4.69) is 0 Å². The summed E-state index contributed by atoms with van der Waals surface area (Å²) in [5.41, 5.74) is 6.57. The van der Waals surface area contributed by atoms with Gasteiger partial charge in [-0.1, -0.05) is 30.3 Å². The van der Waals surface area contributed by atoms with Gasteiger partial charge in [-0.15, -0.1) is 0 Å². The van der Waals surface area contributed by atoms with E-state index in [1.54, 1.807) is 6.92 Å². The second-order valence-corrected chi connectivity index (χ2v) is 5.28. The van der Waals surface area contributed by atoms with Crippen LogP contribution in [0.3, 0.4) is 0 Å². The fraction of sp³-hybridized carbons (Fsp3) is 0.533. The molecular formula is C15H22N2O2. The van der Waals surface area contributed by atoms with Crippen LogP contribution in [0.4, 0.5) is 0 Å². The number of rotatable bonds is 4. The van der Waals surface area contributed by atoms with Gasteiger partial charge in [0.25, 0.3) is 0 Å². The van der Waals surface area contributed by atoms with Crippen molar-refractivity contribution in [1.82, 2.24) is 4.90 Å². The Kier molecular flexibility index (Phi) is 4.56. The summed E-state index contributed by atoms with van der Waals surface area (Å²) in [5, 5.41) is 10.2. The van der Waals surface area contributed by atoms with Gasteiger partial charge < -0.3 is 15.7 Å². The monoisotopic (exact) mass is 262 g/mol. The van der Waals surface area contributed by atoms with Gasteiger partial charge in [0.1, 0.15) is 0 Å². The van der Waals surface area contributed by atoms with Crippen LogP contribution in [0.2, 0.25) is 0 Å². The highest BCUT2D eigenvalue weighted by atomic mass is 16.3. The summed E-state index contributed by atoms with van der Waals surface area (Å²) < 4.78 is 0. The summed E-state index contributed by atoms with van der Waals surface area (Å²) in [7, 11) is 0. The lowest BCUT2D eigenvalue weighted by Gasteiger charge is -2.28. The first-order chi connectivity index (χ1) is 9.09. The smallest absolute Gasteiger partial charge is 0.239 e. The summed E-state index contributed by atoms with van der Waals surface area (Å²) in [6.45, 7) is 2.47. The van der Waals surface area contributed by atoms with E-state index in [-0.39, 0.29) is 11.9 Å². The number of carbonyl (C=O) groups is 1. The lowest BCUT2D eigenvalue weighted by molar-refractivity contribution is -0.133. The molecule has 1 heterocycles.